The molecule has 258 valence electrons. The first-order valence-corrected chi connectivity index (χ1v) is 14.2. The first-order chi connectivity index (χ1) is 23.3. The number of nitrogens with zero attached hydrogens (tertiary/aromatic N) is 4. The summed E-state index contributed by atoms with van der Waals surface area (Å²) in [5.74, 6) is -2.31. The molecular weight excluding hydrogens is 725 g/mol. The number of hydrogen-bond acceptors (Lipinski definition) is 6. The number of H-pyrrole nitrogens is 1. The Morgan fingerprint density at radius 2 is 1.28 bits per heavy atom. The minimum Gasteiger partial charge on any atom is -0.507 e. The van der Waals surface area contributed by atoms with Crippen LogP contribution in [-0.2, 0) is 26.0 Å². The molecule has 0 spiro atoms. The summed E-state index contributed by atoms with van der Waals surface area (Å²) in [6.07, 6.45) is -9.34. The highest BCUT2D eigenvalue weighted by atomic mass is 35.5. The number of aromatic amines is 1. The number of nitriles is 2. The fourth-order valence-electron chi connectivity index (χ4n) is 4.30. The average Bonchev–Trinajstić information content (AvgIpc) is 3.36. The summed E-state index contributed by atoms with van der Waals surface area (Å²) >= 11 is 11.7. The zero-order valence-electron chi connectivity index (χ0n) is 24.8. The molecule has 0 atom stereocenters. The predicted molar refractivity (Wildman–Crippen MR) is 163 cm³/mol. The Morgan fingerprint density at radius 1 is 0.800 bits per heavy atom. The smallest absolute Gasteiger partial charge is 0.416 e. The van der Waals surface area contributed by atoms with E-state index in [1.54, 1.807) is 12.1 Å². The molecule has 2 N–H and O–H groups in total. The van der Waals surface area contributed by atoms with Gasteiger partial charge in [-0.2, -0.15) is 42.0 Å². The topological polar surface area (TPSA) is 128 Å². The van der Waals surface area contributed by atoms with Gasteiger partial charge in [-0.05, 0) is 48.5 Å². The fourth-order valence-corrected chi connectivity index (χ4v) is 4.70. The molecule has 0 unspecified atom stereocenters. The van der Waals surface area contributed by atoms with Gasteiger partial charge in [-0.3, -0.25) is 4.57 Å². The first-order valence-electron chi connectivity index (χ1n) is 13.5. The number of phenols is 1. The minimum atomic E-state index is -4.69. The van der Waals surface area contributed by atoms with Crippen LogP contribution in [0.25, 0.3) is 22.3 Å². The maximum atomic E-state index is 14.4. The molecule has 0 amide bonds. The zero-order chi connectivity index (χ0) is 37.1. The van der Waals surface area contributed by atoms with Gasteiger partial charge in [0.1, 0.15) is 41.9 Å². The highest BCUT2D eigenvalue weighted by Gasteiger charge is 2.33. The molecule has 0 radical (unpaired) electrons. The standard InChI is InChI=1S/C18H11ClF4N4O2.C14H6ClF4NO/c1-27-16(25-26-17(27)28)8-29-15-6-13(19)9(7-24)4-12(15)11-5-10(18(21,22)23)2-3-14(11)20;15-11-5-13(21)10(3-7(11)6-20)9-4-8(14(17,18)19)1-2-12(9)16/h2-6H,8H2,1H3,(H,26,28);1-5,21H. The summed E-state index contributed by atoms with van der Waals surface area (Å²) in [5.41, 5.74) is -4.00. The Hall–Kier alpha value is -5.58. The van der Waals surface area contributed by atoms with Crippen molar-refractivity contribution in [1.82, 2.24) is 14.8 Å². The zero-order valence-corrected chi connectivity index (χ0v) is 26.3. The van der Waals surface area contributed by atoms with Crippen LogP contribution in [0.3, 0.4) is 0 Å². The highest BCUT2D eigenvalue weighted by molar-refractivity contribution is 6.32. The van der Waals surface area contributed by atoms with Crippen LogP contribution in [-0.4, -0.2) is 19.9 Å². The normalized spacial score (nSPS) is 11.3. The van der Waals surface area contributed by atoms with E-state index in [1.807, 2.05) is 0 Å². The number of hydrogen-bond donors (Lipinski definition) is 2. The molecule has 5 aromatic rings. The molecule has 1 aromatic heterocycles. The Labute approximate surface area is 285 Å². The maximum Gasteiger partial charge on any atom is 0.416 e. The van der Waals surface area contributed by atoms with E-state index in [2.05, 4.69) is 10.2 Å². The summed E-state index contributed by atoms with van der Waals surface area (Å²) in [4.78, 5) is 11.4. The van der Waals surface area contributed by atoms with Gasteiger partial charge in [0.15, 0.2) is 5.82 Å². The van der Waals surface area contributed by atoms with Gasteiger partial charge in [-0.1, -0.05) is 23.2 Å². The van der Waals surface area contributed by atoms with Crippen molar-refractivity contribution in [1.29, 1.82) is 10.5 Å². The van der Waals surface area contributed by atoms with Crippen molar-refractivity contribution in [2.75, 3.05) is 0 Å². The minimum absolute atomic E-state index is 0.0328. The monoisotopic (exact) mass is 741 g/mol. The lowest BCUT2D eigenvalue weighted by atomic mass is 9.99. The number of benzene rings is 4. The first kappa shape index (κ1) is 37.2. The van der Waals surface area contributed by atoms with E-state index in [1.165, 1.54) is 13.1 Å². The van der Waals surface area contributed by atoms with Crippen LogP contribution in [0.4, 0.5) is 35.1 Å². The molecule has 1 heterocycles. The van der Waals surface area contributed by atoms with Crippen molar-refractivity contribution in [2.45, 2.75) is 19.0 Å². The Morgan fingerprint density at radius 3 is 1.74 bits per heavy atom. The Bertz CT molecular complexity index is 2240. The van der Waals surface area contributed by atoms with Gasteiger partial charge in [0.25, 0.3) is 0 Å². The van der Waals surface area contributed by atoms with Crippen LogP contribution in [0.5, 0.6) is 11.5 Å². The van der Waals surface area contributed by atoms with Gasteiger partial charge >= 0.3 is 18.0 Å². The lowest BCUT2D eigenvalue weighted by Gasteiger charge is -2.15. The molecule has 0 fully saturated rings. The molecule has 0 aliphatic carbocycles. The third kappa shape index (κ3) is 8.16. The highest BCUT2D eigenvalue weighted by Crippen LogP contribution is 2.41. The number of halogens is 10. The van der Waals surface area contributed by atoms with Gasteiger partial charge in [0.2, 0.25) is 0 Å². The second kappa shape index (κ2) is 14.5. The van der Waals surface area contributed by atoms with E-state index < -0.39 is 57.7 Å². The van der Waals surface area contributed by atoms with Crippen molar-refractivity contribution in [2.24, 2.45) is 7.05 Å². The molecule has 50 heavy (non-hydrogen) atoms. The number of aromatic hydroxyl groups is 1. The molecule has 0 aliphatic rings. The SMILES string of the molecule is Cn1c(COc2cc(Cl)c(C#N)cc2-c2cc(C(F)(F)F)ccc2F)n[nH]c1=O.N#Cc1cc(-c2cc(C(F)(F)F)ccc2F)c(O)cc1Cl. The van der Waals surface area contributed by atoms with Crippen LogP contribution >= 0.6 is 23.2 Å². The molecule has 0 saturated carbocycles. The summed E-state index contributed by atoms with van der Waals surface area (Å²) in [6, 6.07) is 11.6. The van der Waals surface area contributed by atoms with E-state index in [9.17, 15) is 50.3 Å². The van der Waals surface area contributed by atoms with Crippen molar-refractivity contribution in [3.63, 3.8) is 0 Å². The summed E-state index contributed by atoms with van der Waals surface area (Å²) in [5, 5.41) is 33.6. The van der Waals surface area contributed by atoms with Crippen LogP contribution in [0, 0.1) is 34.3 Å². The second-order valence-electron chi connectivity index (χ2n) is 10.1. The number of nitrogens with one attached hydrogen (secondary N) is 1. The summed E-state index contributed by atoms with van der Waals surface area (Å²) < 4.78 is 112. The molecule has 5 rings (SSSR count). The quantitative estimate of drug-likeness (QED) is 0.173. The molecule has 0 saturated heterocycles. The van der Waals surface area contributed by atoms with Gasteiger partial charge in [-0.15, -0.1) is 0 Å². The number of alkyl halides is 6. The molecule has 0 bridgehead atoms. The van der Waals surface area contributed by atoms with E-state index in [0.29, 0.717) is 36.4 Å². The number of phenolic OH excluding ortho intramolecular Hbond substituents is 1. The summed E-state index contributed by atoms with van der Waals surface area (Å²) in [6.45, 7) is -0.259. The molecule has 8 nitrogen and oxygen atoms in total. The second-order valence-corrected chi connectivity index (χ2v) is 10.9. The average molecular weight is 742 g/mol. The third-order valence-corrected chi connectivity index (χ3v) is 7.52. The third-order valence-electron chi connectivity index (χ3n) is 6.89. The van der Waals surface area contributed by atoms with Crippen molar-refractivity contribution < 1.29 is 45.0 Å². The maximum absolute atomic E-state index is 14.4. The van der Waals surface area contributed by atoms with Crippen molar-refractivity contribution in [3.05, 3.63) is 121 Å². The molecule has 18 heteroatoms. The lowest BCUT2D eigenvalue weighted by Crippen LogP contribution is -2.15. The Balaban J connectivity index is 0.000000237. The van der Waals surface area contributed by atoms with Crippen LogP contribution in [0.15, 0.2) is 65.5 Å². The van der Waals surface area contributed by atoms with Crippen molar-refractivity contribution in [3.8, 4) is 45.9 Å². The molecule has 4 aromatic carbocycles. The van der Waals surface area contributed by atoms with Crippen LogP contribution in [0.1, 0.15) is 28.1 Å². The van der Waals surface area contributed by atoms with E-state index in [-0.39, 0.29) is 50.5 Å². The summed E-state index contributed by atoms with van der Waals surface area (Å²) in [7, 11) is 1.43. The largest absolute Gasteiger partial charge is 0.507 e. The van der Waals surface area contributed by atoms with Gasteiger partial charge < -0.3 is 9.84 Å². The number of aromatic nitrogens is 3. The molecule has 0 aliphatic heterocycles. The van der Waals surface area contributed by atoms with Crippen LogP contribution < -0.4 is 10.4 Å². The Kier molecular flexibility index (Phi) is 10.8. The fraction of sp³-hybridized carbons (Fsp3) is 0.125. The van der Waals surface area contributed by atoms with E-state index in [4.69, 9.17) is 33.2 Å². The van der Waals surface area contributed by atoms with Crippen molar-refractivity contribution >= 4 is 23.2 Å². The van der Waals surface area contributed by atoms with Crippen LogP contribution in [0.2, 0.25) is 10.0 Å². The van der Waals surface area contributed by atoms with Gasteiger partial charge in [0.05, 0.1) is 32.3 Å². The van der Waals surface area contributed by atoms with E-state index >= 15 is 0 Å². The number of ether oxygens (including phenoxy) is 1. The van der Waals surface area contributed by atoms with E-state index in [0.717, 1.165) is 22.8 Å². The number of rotatable bonds is 5. The predicted octanol–water partition coefficient (Wildman–Crippen LogP) is 8.78. The van der Waals surface area contributed by atoms with Gasteiger partial charge in [-0.25, -0.2) is 18.7 Å². The molecular formula is C32H17Cl2F8N5O3. The lowest BCUT2D eigenvalue weighted by molar-refractivity contribution is -0.138. The van der Waals surface area contributed by atoms with Gasteiger partial charge in [0, 0.05) is 41.4 Å².